The summed E-state index contributed by atoms with van der Waals surface area (Å²) in [6.07, 6.45) is 1.84. The monoisotopic (exact) mass is 403 g/mol. The number of hydrogen-bond donors (Lipinski definition) is 0. The molecule has 0 atom stereocenters. The SMILES string of the molecule is CCCCOC(=O)c1ccc(-c2ccc(OC)c(C(=O)N3CCOCC3)c2)s1. The Hall–Kier alpha value is -2.38. The van der Waals surface area contributed by atoms with Crippen molar-refractivity contribution in [1.82, 2.24) is 4.90 Å². The van der Waals surface area contributed by atoms with Crippen LogP contribution in [0.15, 0.2) is 30.3 Å². The summed E-state index contributed by atoms with van der Waals surface area (Å²) in [4.78, 5) is 28.3. The van der Waals surface area contributed by atoms with Crippen LogP contribution in [0.5, 0.6) is 5.75 Å². The first-order valence-corrected chi connectivity index (χ1v) is 10.3. The highest BCUT2D eigenvalue weighted by Crippen LogP contribution is 2.32. The quantitative estimate of drug-likeness (QED) is 0.519. The number of amides is 1. The molecule has 0 N–H and O–H groups in total. The average molecular weight is 404 g/mol. The molecule has 1 fully saturated rings. The van der Waals surface area contributed by atoms with Gasteiger partial charge in [-0.05, 0) is 42.3 Å². The first-order valence-electron chi connectivity index (χ1n) is 9.46. The number of nitrogens with zero attached hydrogens (tertiary/aromatic N) is 1. The molecular formula is C21H25NO5S. The van der Waals surface area contributed by atoms with Crippen LogP contribution in [0.4, 0.5) is 0 Å². The highest BCUT2D eigenvalue weighted by Gasteiger charge is 2.22. The van der Waals surface area contributed by atoms with Gasteiger partial charge in [0.05, 0.1) is 32.5 Å². The van der Waals surface area contributed by atoms with Crippen molar-refractivity contribution in [2.24, 2.45) is 0 Å². The summed E-state index contributed by atoms with van der Waals surface area (Å²) in [7, 11) is 1.56. The number of morpholine rings is 1. The molecule has 0 radical (unpaired) electrons. The van der Waals surface area contributed by atoms with Crippen LogP contribution in [-0.2, 0) is 9.47 Å². The molecular weight excluding hydrogens is 378 g/mol. The fourth-order valence-electron chi connectivity index (χ4n) is 2.95. The third kappa shape index (κ3) is 4.72. The summed E-state index contributed by atoms with van der Waals surface area (Å²) in [6.45, 7) is 4.71. The maximum absolute atomic E-state index is 12.9. The minimum absolute atomic E-state index is 0.0715. The van der Waals surface area contributed by atoms with Crippen LogP contribution in [0.25, 0.3) is 10.4 Å². The molecule has 1 aliphatic rings. The maximum Gasteiger partial charge on any atom is 0.348 e. The summed E-state index contributed by atoms with van der Waals surface area (Å²) in [5, 5.41) is 0. The van der Waals surface area contributed by atoms with E-state index in [-0.39, 0.29) is 11.9 Å². The van der Waals surface area contributed by atoms with Crippen LogP contribution >= 0.6 is 11.3 Å². The lowest BCUT2D eigenvalue weighted by molar-refractivity contribution is 0.0301. The maximum atomic E-state index is 12.9. The molecule has 0 bridgehead atoms. The molecule has 28 heavy (non-hydrogen) atoms. The van der Waals surface area contributed by atoms with Gasteiger partial charge in [-0.2, -0.15) is 0 Å². The van der Waals surface area contributed by atoms with Crippen molar-refractivity contribution < 1.29 is 23.8 Å². The minimum atomic E-state index is -0.303. The van der Waals surface area contributed by atoms with E-state index >= 15 is 0 Å². The smallest absolute Gasteiger partial charge is 0.348 e. The Bertz CT molecular complexity index is 826. The van der Waals surface area contributed by atoms with Crippen LogP contribution in [-0.4, -0.2) is 56.8 Å². The van der Waals surface area contributed by atoms with E-state index in [2.05, 4.69) is 6.92 Å². The Labute approximate surface area is 169 Å². The number of esters is 1. The van der Waals surface area contributed by atoms with Crippen molar-refractivity contribution in [3.8, 4) is 16.2 Å². The van der Waals surface area contributed by atoms with Crippen LogP contribution in [0, 0.1) is 0 Å². The van der Waals surface area contributed by atoms with Gasteiger partial charge in [-0.3, -0.25) is 4.79 Å². The molecule has 1 aliphatic heterocycles. The fourth-order valence-corrected chi connectivity index (χ4v) is 3.84. The highest BCUT2D eigenvalue weighted by atomic mass is 32.1. The number of methoxy groups -OCH3 is 1. The normalized spacial score (nSPS) is 14.0. The van der Waals surface area contributed by atoms with Gasteiger partial charge < -0.3 is 19.1 Å². The van der Waals surface area contributed by atoms with Gasteiger partial charge in [-0.25, -0.2) is 4.79 Å². The number of carbonyl (C=O) groups excluding carboxylic acids is 2. The number of rotatable bonds is 7. The molecule has 0 aliphatic carbocycles. The number of benzene rings is 1. The lowest BCUT2D eigenvalue weighted by Crippen LogP contribution is -2.40. The zero-order chi connectivity index (χ0) is 19.9. The predicted octanol–water partition coefficient (Wildman–Crippen LogP) is 3.85. The molecule has 0 unspecified atom stereocenters. The van der Waals surface area contributed by atoms with Gasteiger partial charge in [0.1, 0.15) is 10.6 Å². The number of carbonyl (C=O) groups is 2. The van der Waals surface area contributed by atoms with Crippen LogP contribution < -0.4 is 4.74 Å². The first kappa shape index (κ1) is 20.4. The number of unbranched alkanes of at least 4 members (excludes halogenated alkanes) is 1. The summed E-state index contributed by atoms with van der Waals surface area (Å²) in [5.74, 6) is 0.163. The van der Waals surface area contributed by atoms with E-state index in [1.165, 1.54) is 11.3 Å². The molecule has 1 amide bonds. The van der Waals surface area contributed by atoms with Crippen molar-refractivity contribution in [1.29, 1.82) is 0 Å². The molecule has 0 spiro atoms. The first-order chi connectivity index (χ1) is 13.6. The number of ether oxygens (including phenoxy) is 3. The van der Waals surface area contributed by atoms with Gasteiger partial charge >= 0.3 is 5.97 Å². The van der Waals surface area contributed by atoms with Gasteiger partial charge in [-0.1, -0.05) is 13.3 Å². The van der Waals surface area contributed by atoms with Gasteiger partial charge in [0.25, 0.3) is 5.91 Å². The van der Waals surface area contributed by atoms with E-state index in [9.17, 15) is 9.59 Å². The van der Waals surface area contributed by atoms with Crippen LogP contribution in [0.1, 0.15) is 39.8 Å². The molecule has 1 aromatic carbocycles. The summed E-state index contributed by atoms with van der Waals surface area (Å²) in [5.41, 5.74) is 1.39. The molecule has 150 valence electrons. The van der Waals surface area contributed by atoms with Gasteiger partial charge in [0.15, 0.2) is 0 Å². The Morgan fingerprint density at radius 3 is 2.68 bits per heavy atom. The molecule has 0 saturated carbocycles. The van der Waals surface area contributed by atoms with Crippen molar-refractivity contribution in [3.05, 3.63) is 40.8 Å². The average Bonchev–Trinajstić information content (AvgIpc) is 3.24. The van der Waals surface area contributed by atoms with Gasteiger partial charge in [0.2, 0.25) is 0 Å². The van der Waals surface area contributed by atoms with Gasteiger partial charge in [0, 0.05) is 18.0 Å². The van der Waals surface area contributed by atoms with E-state index in [0.717, 1.165) is 23.3 Å². The van der Waals surface area contributed by atoms with E-state index in [4.69, 9.17) is 14.2 Å². The van der Waals surface area contributed by atoms with Crippen LogP contribution in [0.3, 0.4) is 0 Å². The molecule has 1 aromatic heterocycles. The van der Waals surface area contributed by atoms with Gasteiger partial charge in [-0.15, -0.1) is 11.3 Å². The minimum Gasteiger partial charge on any atom is -0.496 e. The number of hydrogen-bond acceptors (Lipinski definition) is 6. The number of thiophene rings is 1. The van der Waals surface area contributed by atoms with Crippen molar-refractivity contribution in [2.45, 2.75) is 19.8 Å². The Balaban J connectivity index is 1.81. The van der Waals surface area contributed by atoms with Crippen molar-refractivity contribution >= 4 is 23.2 Å². The van der Waals surface area contributed by atoms with E-state index < -0.39 is 0 Å². The van der Waals surface area contributed by atoms with Crippen molar-refractivity contribution in [2.75, 3.05) is 40.0 Å². The molecule has 2 heterocycles. The lowest BCUT2D eigenvalue weighted by atomic mass is 10.1. The molecule has 3 rings (SSSR count). The Morgan fingerprint density at radius 1 is 1.18 bits per heavy atom. The second-order valence-corrected chi connectivity index (χ2v) is 7.56. The largest absolute Gasteiger partial charge is 0.496 e. The third-order valence-corrected chi connectivity index (χ3v) is 5.67. The zero-order valence-corrected chi connectivity index (χ0v) is 17.0. The second kappa shape index (κ2) is 9.71. The topological polar surface area (TPSA) is 65.1 Å². The summed E-state index contributed by atoms with van der Waals surface area (Å²) in [6, 6.07) is 9.16. The lowest BCUT2D eigenvalue weighted by Gasteiger charge is -2.27. The molecule has 1 saturated heterocycles. The second-order valence-electron chi connectivity index (χ2n) is 6.47. The predicted molar refractivity (Wildman–Crippen MR) is 108 cm³/mol. The van der Waals surface area contributed by atoms with E-state index in [1.54, 1.807) is 24.1 Å². The fraction of sp³-hybridized carbons (Fsp3) is 0.429. The zero-order valence-electron chi connectivity index (χ0n) is 16.2. The Kier molecular flexibility index (Phi) is 7.06. The molecule has 2 aromatic rings. The standard InChI is InChI=1S/C21H25NO5S/c1-3-4-11-27-21(24)19-8-7-18(28-19)15-5-6-17(25-2)16(14-15)20(23)22-9-12-26-13-10-22/h5-8,14H,3-4,9-13H2,1-2H3. The van der Waals surface area contributed by atoms with E-state index in [0.29, 0.717) is 49.1 Å². The molecule has 7 heteroatoms. The summed E-state index contributed by atoms with van der Waals surface area (Å²) < 4.78 is 16.0. The summed E-state index contributed by atoms with van der Waals surface area (Å²) >= 11 is 1.36. The Morgan fingerprint density at radius 2 is 1.96 bits per heavy atom. The van der Waals surface area contributed by atoms with E-state index in [1.807, 2.05) is 18.2 Å². The van der Waals surface area contributed by atoms with Crippen LogP contribution in [0.2, 0.25) is 0 Å². The molecule has 6 nitrogen and oxygen atoms in total. The van der Waals surface area contributed by atoms with Crippen molar-refractivity contribution in [3.63, 3.8) is 0 Å². The third-order valence-electron chi connectivity index (χ3n) is 4.55. The highest BCUT2D eigenvalue weighted by molar-refractivity contribution is 7.17.